The Morgan fingerprint density at radius 1 is 1.30 bits per heavy atom. The number of halogens is 1. The number of benzene rings is 1. The van der Waals surface area contributed by atoms with Gasteiger partial charge >= 0.3 is 0 Å². The highest BCUT2D eigenvalue weighted by molar-refractivity contribution is 5.81. The van der Waals surface area contributed by atoms with Gasteiger partial charge < -0.3 is 0 Å². The molecule has 0 atom stereocenters. The van der Waals surface area contributed by atoms with Crippen molar-refractivity contribution >= 4 is 6.21 Å². The van der Waals surface area contributed by atoms with Gasteiger partial charge in [0.1, 0.15) is 5.82 Å². The maximum atomic E-state index is 13.1. The number of aliphatic imine (C=N–C) groups is 1. The Kier molecular flexibility index (Phi) is 4.74. The Bertz CT molecular complexity index is 737. The van der Waals surface area contributed by atoms with Crippen LogP contribution in [-0.2, 0) is 6.42 Å². The second-order valence-electron chi connectivity index (χ2n) is 6.09. The zero-order valence-electron chi connectivity index (χ0n) is 13.4. The van der Waals surface area contributed by atoms with Gasteiger partial charge in [0.2, 0.25) is 0 Å². The SMILES string of the molecule is CCCc1[nH]n(-c2ccc(F)cc2)c(=O)c1C=NC1CCCC1. The lowest BCUT2D eigenvalue weighted by Crippen LogP contribution is -2.17. The minimum atomic E-state index is -0.315. The summed E-state index contributed by atoms with van der Waals surface area (Å²) in [7, 11) is 0. The molecule has 1 aromatic carbocycles. The van der Waals surface area contributed by atoms with E-state index < -0.39 is 0 Å². The molecule has 0 unspecified atom stereocenters. The molecule has 1 aliphatic rings. The van der Waals surface area contributed by atoms with E-state index in [1.807, 2.05) is 0 Å². The van der Waals surface area contributed by atoms with E-state index in [9.17, 15) is 9.18 Å². The van der Waals surface area contributed by atoms with Crippen molar-refractivity contribution in [1.82, 2.24) is 9.78 Å². The third-order valence-corrected chi connectivity index (χ3v) is 4.33. The van der Waals surface area contributed by atoms with Crippen LogP contribution in [0, 0.1) is 5.82 Å². The first-order valence-electron chi connectivity index (χ1n) is 8.32. The normalized spacial score (nSPS) is 15.7. The van der Waals surface area contributed by atoms with Gasteiger partial charge in [0.05, 0.1) is 11.3 Å². The van der Waals surface area contributed by atoms with Crippen molar-refractivity contribution < 1.29 is 4.39 Å². The summed E-state index contributed by atoms with van der Waals surface area (Å²) in [5.41, 5.74) is 2.03. The van der Waals surface area contributed by atoms with Crippen molar-refractivity contribution in [3.05, 3.63) is 51.7 Å². The van der Waals surface area contributed by atoms with Crippen molar-refractivity contribution in [1.29, 1.82) is 0 Å². The van der Waals surface area contributed by atoms with Gasteiger partial charge in [0.25, 0.3) is 5.56 Å². The standard InChI is InChI=1S/C18H22FN3O/c1-2-5-17-16(12-20-14-6-3-4-7-14)18(23)22(21-17)15-10-8-13(19)9-11-15/h8-12,14,21H,2-7H2,1H3. The second-order valence-corrected chi connectivity index (χ2v) is 6.09. The molecule has 1 aromatic heterocycles. The van der Waals surface area contributed by atoms with Gasteiger partial charge in [-0.25, -0.2) is 9.07 Å². The summed E-state index contributed by atoms with van der Waals surface area (Å²) in [5.74, 6) is -0.315. The molecule has 2 aromatic rings. The third kappa shape index (κ3) is 3.44. The highest BCUT2D eigenvalue weighted by Gasteiger charge is 2.16. The molecule has 0 saturated heterocycles. The summed E-state index contributed by atoms with van der Waals surface area (Å²) < 4.78 is 14.6. The van der Waals surface area contributed by atoms with Crippen LogP contribution in [0.2, 0.25) is 0 Å². The van der Waals surface area contributed by atoms with Gasteiger partial charge in [-0.1, -0.05) is 26.2 Å². The smallest absolute Gasteiger partial charge is 0.280 e. The van der Waals surface area contributed by atoms with Crippen LogP contribution >= 0.6 is 0 Å². The molecule has 0 spiro atoms. The summed E-state index contributed by atoms with van der Waals surface area (Å²) in [6.45, 7) is 2.07. The Hall–Kier alpha value is -2.17. The molecule has 1 N–H and O–H groups in total. The van der Waals surface area contributed by atoms with Crippen LogP contribution in [0.1, 0.15) is 50.3 Å². The monoisotopic (exact) mass is 315 g/mol. The molecule has 3 rings (SSSR count). The Morgan fingerprint density at radius 2 is 2.00 bits per heavy atom. The van der Waals surface area contributed by atoms with Gasteiger partial charge in [-0.2, -0.15) is 0 Å². The van der Waals surface area contributed by atoms with E-state index in [-0.39, 0.29) is 11.4 Å². The second kappa shape index (κ2) is 6.94. The maximum absolute atomic E-state index is 13.1. The molecule has 0 aliphatic heterocycles. The number of nitrogens with zero attached hydrogens (tertiary/aromatic N) is 2. The van der Waals surface area contributed by atoms with Crippen molar-refractivity contribution in [2.24, 2.45) is 4.99 Å². The van der Waals surface area contributed by atoms with Crippen LogP contribution in [0.4, 0.5) is 4.39 Å². The highest BCUT2D eigenvalue weighted by atomic mass is 19.1. The number of nitrogens with one attached hydrogen (secondary N) is 1. The summed E-state index contributed by atoms with van der Waals surface area (Å²) in [4.78, 5) is 17.3. The Labute approximate surface area is 135 Å². The Balaban J connectivity index is 1.97. The first-order valence-corrected chi connectivity index (χ1v) is 8.32. The van der Waals surface area contributed by atoms with E-state index in [4.69, 9.17) is 0 Å². The fourth-order valence-corrected chi connectivity index (χ4v) is 3.07. The number of H-pyrrole nitrogens is 1. The molecule has 1 aliphatic carbocycles. The summed E-state index contributed by atoms with van der Waals surface area (Å²) >= 11 is 0. The molecular formula is C18H22FN3O. The summed E-state index contributed by atoms with van der Waals surface area (Å²) in [6.07, 6.45) is 8.11. The fourth-order valence-electron chi connectivity index (χ4n) is 3.07. The molecule has 122 valence electrons. The van der Waals surface area contributed by atoms with E-state index in [1.165, 1.54) is 29.7 Å². The molecule has 0 radical (unpaired) electrons. The van der Waals surface area contributed by atoms with E-state index >= 15 is 0 Å². The number of aromatic amines is 1. The minimum absolute atomic E-state index is 0.123. The number of hydrogen-bond donors (Lipinski definition) is 1. The number of aromatic nitrogens is 2. The maximum Gasteiger partial charge on any atom is 0.280 e. The average molecular weight is 315 g/mol. The van der Waals surface area contributed by atoms with Crippen molar-refractivity contribution in [2.45, 2.75) is 51.5 Å². The quantitative estimate of drug-likeness (QED) is 0.842. The largest absolute Gasteiger partial charge is 0.294 e. The van der Waals surface area contributed by atoms with E-state index in [0.29, 0.717) is 17.3 Å². The number of aryl methyl sites for hydroxylation is 1. The average Bonchev–Trinajstić information content (AvgIpc) is 3.16. The van der Waals surface area contributed by atoms with Crippen molar-refractivity contribution in [3.8, 4) is 5.69 Å². The number of rotatable bonds is 5. The van der Waals surface area contributed by atoms with Gasteiger partial charge in [-0.3, -0.25) is 14.9 Å². The zero-order chi connectivity index (χ0) is 16.2. The van der Waals surface area contributed by atoms with E-state index in [0.717, 1.165) is 31.4 Å². The zero-order valence-corrected chi connectivity index (χ0v) is 13.4. The lowest BCUT2D eigenvalue weighted by atomic mass is 10.1. The molecule has 1 fully saturated rings. The van der Waals surface area contributed by atoms with Crippen LogP contribution in [0.25, 0.3) is 5.69 Å². The first-order chi connectivity index (χ1) is 11.2. The lowest BCUT2D eigenvalue weighted by Gasteiger charge is -2.01. The lowest BCUT2D eigenvalue weighted by molar-refractivity contribution is 0.626. The number of hydrogen-bond acceptors (Lipinski definition) is 2. The van der Waals surface area contributed by atoms with Gasteiger partial charge in [-0.15, -0.1) is 0 Å². The molecule has 4 nitrogen and oxygen atoms in total. The molecule has 5 heteroatoms. The minimum Gasteiger partial charge on any atom is -0.294 e. The summed E-state index contributed by atoms with van der Waals surface area (Å²) in [6, 6.07) is 6.25. The van der Waals surface area contributed by atoms with Crippen LogP contribution in [0.3, 0.4) is 0 Å². The molecular weight excluding hydrogens is 293 g/mol. The predicted octanol–water partition coefficient (Wildman–Crippen LogP) is 3.62. The third-order valence-electron chi connectivity index (χ3n) is 4.33. The summed E-state index contributed by atoms with van der Waals surface area (Å²) in [5, 5.41) is 3.15. The van der Waals surface area contributed by atoms with Crippen LogP contribution < -0.4 is 5.56 Å². The molecule has 1 saturated carbocycles. The van der Waals surface area contributed by atoms with Crippen LogP contribution in [0.15, 0.2) is 34.1 Å². The molecule has 1 heterocycles. The highest BCUT2D eigenvalue weighted by Crippen LogP contribution is 2.21. The van der Waals surface area contributed by atoms with Crippen LogP contribution in [-0.4, -0.2) is 22.0 Å². The topological polar surface area (TPSA) is 50.1 Å². The van der Waals surface area contributed by atoms with Crippen LogP contribution in [0.5, 0.6) is 0 Å². The van der Waals surface area contributed by atoms with E-state index in [1.54, 1.807) is 18.3 Å². The van der Waals surface area contributed by atoms with Gasteiger partial charge in [0.15, 0.2) is 0 Å². The van der Waals surface area contributed by atoms with Crippen molar-refractivity contribution in [3.63, 3.8) is 0 Å². The van der Waals surface area contributed by atoms with Gasteiger partial charge in [-0.05, 0) is 43.5 Å². The predicted molar refractivity (Wildman–Crippen MR) is 90.2 cm³/mol. The first kappa shape index (κ1) is 15.7. The fraction of sp³-hybridized carbons (Fsp3) is 0.444. The van der Waals surface area contributed by atoms with Gasteiger partial charge in [0, 0.05) is 18.0 Å². The Morgan fingerprint density at radius 3 is 2.65 bits per heavy atom. The van der Waals surface area contributed by atoms with E-state index in [2.05, 4.69) is 17.0 Å². The molecule has 23 heavy (non-hydrogen) atoms. The van der Waals surface area contributed by atoms with Crippen molar-refractivity contribution in [2.75, 3.05) is 0 Å². The molecule has 0 amide bonds. The molecule has 0 bridgehead atoms.